The van der Waals surface area contributed by atoms with Crippen LogP contribution < -0.4 is 10.2 Å². The molecule has 164 valence electrons. The van der Waals surface area contributed by atoms with E-state index >= 15 is 0 Å². The van der Waals surface area contributed by atoms with Crippen molar-refractivity contribution in [2.45, 2.75) is 52.1 Å². The quantitative estimate of drug-likeness (QED) is 0.594. The Morgan fingerprint density at radius 3 is 2.50 bits per heavy atom. The van der Waals surface area contributed by atoms with Crippen molar-refractivity contribution in [3.05, 3.63) is 101 Å². The van der Waals surface area contributed by atoms with Crippen LogP contribution in [0.1, 0.15) is 59.3 Å². The molecule has 1 aliphatic rings. The van der Waals surface area contributed by atoms with Crippen LogP contribution in [0.3, 0.4) is 0 Å². The summed E-state index contributed by atoms with van der Waals surface area (Å²) in [7, 11) is 0. The molecule has 4 heteroatoms. The molecule has 0 saturated carbocycles. The molecule has 0 radical (unpaired) electrons. The summed E-state index contributed by atoms with van der Waals surface area (Å²) >= 11 is 0. The standard InChI is InChI=1S/C28H30N2O2/c1-19(2)21-13-9-14-24(16-21)30-26(31)25-15-8-7-11-22(25)17-28(30,4)27(32)29-18-23-12-6-5-10-20(23)3/h5-16,19H,17-18H2,1-4H3,(H,29,32)/t28-/m1/s1. The van der Waals surface area contributed by atoms with Crippen LogP contribution in [0.2, 0.25) is 0 Å². The fourth-order valence-electron chi connectivity index (χ4n) is 4.46. The van der Waals surface area contributed by atoms with E-state index in [9.17, 15) is 9.59 Å². The van der Waals surface area contributed by atoms with E-state index in [1.165, 1.54) is 0 Å². The Morgan fingerprint density at radius 1 is 1.03 bits per heavy atom. The summed E-state index contributed by atoms with van der Waals surface area (Å²) in [5, 5.41) is 3.11. The largest absolute Gasteiger partial charge is 0.350 e. The fourth-order valence-corrected chi connectivity index (χ4v) is 4.46. The predicted molar refractivity (Wildman–Crippen MR) is 129 cm³/mol. The number of nitrogens with one attached hydrogen (secondary N) is 1. The highest BCUT2D eigenvalue weighted by Crippen LogP contribution is 2.36. The van der Waals surface area contributed by atoms with Gasteiger partial charge in [-0.25, -0.2) is 0 Å². The molecule has 2 amide bonds. The molecule has 0 unspecified atom stereocenters. The lowest BCUT2D eigenvalue weighted by Gasteiger charge is -2.44. The number of benzene rings is 3. The first kappa shape index (κ1) is 21.8. The maximum Gasteiger partial charge on any atom is 0.259 e. The maximum atomic E-state index is 13.7. The monoisotopic (exact) mass is 426 g/mol. The second-order valence-electron chi connectivity index (χ2n) is 9.11. The van der Waals surface area contributed by atoms with Gasteiger partial charge in [-0.3, -0.25) is 14.5 Å². The van der Waals surface area contributed by atoms with Crippen LogP contribution >= 0.6 is 0 Å². The first-order chi connectivity index (χ1) is 15.3. The Morgan fingerprint density at radius 2 is 1.75 bits per heavy atom. The first-order valence-corrected chi connectivity index (χ1v) is 11.2. The van der Waals surface area contributed by atoms with E-state index in [-0.39, 0.29) is 11.8 Å². The Labute approximate surface area is 190 Å². The average molecular weight is 427 g/mol. The number of amides is 2. The molecule has 3 aromatic rings. The zero-order chi connectivity index (χ0) is 22.9. The smallest absolute Gasteiger partial charge is 0.259 e. The lowest BCUT2D eigenvalue weighted by atomic mass is 9.82. The molecule has 0 aromatic heterocycles. The van der Waals surface area contributed by atoms with Gasteiger partial charge in [-0.15, -0.1) is 0 Å². The highest BCUT2D eigenvalue weighted by atomic mass is 16.2. The SMILES string of the molecule is Cc1ccccc1CNC(=O)[C@@]1(C)Cc2ccccc2C(=O)N1c1cccc(C(C)C)c1. The van der Waals surface area contributed by atoms with E-state index in [0.29, 0.717) is 24.4 Å². The first-order valence-electron chi connectivity index (χ1n) is 11.2. The van der Waals surface area contributed by atoms with Crippen molar-refractivity contribution >= 4 is 17.5 Å². The molecule has 1 atom stereocenters. The zero-order valence-electron chi connectivity index (χ0n) is 19.2. The Balaban J connectivity index is 1.74. The van der Waals surface area contributed by atoms with Crippen molar-refractivity contribution < 1.29 is 9.59 Å². The molecule has 1 heterocycles. The molecule has 1 N–H and O–H groups in total. The molecule has 4 rings (SSSR count). The van der Waals surface area contributed by atoms with Crippen molar-refractivity contribution in [2.75, 3.05) is 4.90 Å². The molecule has 4 nitrogen and oxygen atoms in total. The van der Waals surface area contributed by atoms with Crippen LogP contribution in [-0.2, 0) is 17.8 Å². The zero-order valence-corrected chi connectivity index (χ0v) is 19.2. The maximum absolute atomic E-state index is 13.7. The fraction of sp³-hybridized carbons (Fsp3) is 0.286. The summed E-state index contributed by atoms with van der Waals surface area (Å²) in [4.78, 5) is 29.0. The molecular formula is C28H30N2O2. The lowest BCUT2D eigenvalue weighted by molar-refractivity contribution is -0.126. The molecule has 0 fully saturated rings. The Kier molecular flexibility index (Phi) is 5.88. The molecule has 3 aromatic carbocycles. The van der Waals surface area contributed by atoms with E-state index in [1.807, 2.05) is 80.6 Å². The second kappa shape index (κ2) is 8.62. The van der Waals surface area contributed by atoms with Crippen LogP contribution in [0.15, 0.2) is 72.8 Å². The van der Waals surface area contributed by atoms with Gasteiger partial charge < -0.3 is 5.32 Å². The van der Waals surface area contributed by atoms with Crippen LogP contribution in [0, 0.1) is 6.92 Å². The van der Waals surface area contributed by atoms with E-state index in [1.54, 1.807) is 4.90 Å². The van der Waals surface area contributed by atoms with Gasteiger partial charge >= 0.3 is 0 Å². The number of carbonyl (C=O) groups is 2. The summed E-state index contributed by atoms with van der Waals surface area (Å²) in [5.74, 6) is 0.0307. The molecule has 0 bridgehead atoms. The van der Waals surface area contributed by atoms with Gasteiger partial charge in [0.05, 0.1) is 0 Å². The number of hydrogen-bond donors (Lipinski definition) is 1. The van der Waals surface area contributed by atoms with E-state index in [4.69, 9.17) is 0 Å². The molecular weight excluding hydrogens is 396 g/mol. The van der Waals surface area contributed by atoms with Crippen LogP contribution in [0.5, 0.6) is 0 Å². The third kappa shape index (κ3) is 3.93. The third-order valence-electron chi connectivity index (χ3n) is 6.46. The van der Waals surface area contributed by atoms with Gasteiger partial charge in [0.1, 0.15) is 5.54 Å². The number of rotatable bonds is 5. The summed E-state index contributed by atoms with van der Waals surface area (Å²) < 4.78 is 0. The Bertz CT molecular complexity index is 1170. The van der Waals surface area contributed by atoms with Crippen molar-refractivity contribution in [1.82, 2.24) is 5.32 Å². The minimum absolute atomic E-state index is 0.138. The van der Waals surface area contributed by atoms with Gasteiger partial charge in [-0.1, -0.05) is 68.4 Å². The summed E-state index contributed by atoms with van der Waals surface area (Å²) in [6.07, 6.45) is 0.459. The molecule has 0 aliphatic carbocycles. The number of carbonyl (C=O) groups excluding carboxylic acids is 2. The third-order valence-corrected chi connectivity index (χ3v) is 6.46. The van der Waals surface area contributed by atoms with E-state index < -0.39 is 5.54 Å². The van der Waals surface area contributed by atoms with Gasteiger partial charge in [-0.05, 0) is 60.2 Å². The minimum Gasteiger partial charge on any atom is -0.350 e. The molecule has 0 saturated heterocycles. The van der Waals surface area contributed by atoms with Crippen molar-refractivity contribution in [3.63, 3.8) is 0 Å². The number of fused-ring (bicyclic) bond motifs is 1. The normalized spacial score (nSPS) is 17.9. The summed E-state index contributed by atoms with van der Waals surface area (Å²) in [6, 6.07) is 23.6. The van der Waals surface area contributed by atoms with Gasteiger partial charge in [0.2, 0.25) is 5.91 Å². The number of aryl methyl sites for hydroxylation is 1. The number of nitrogens with zero attached hydrogens (tertiary/aromatic N) is 1. The highest BCUT2D eigenvalue weighted by Gasteiger charge is 2.47. The van der Waals surface area contributed by atoms with Gasteiger partial charge in [0, 0.05) is 24.2 Å². The van der Waals surface area contributed by atoms with Crippen molar-refractivity contribution in [2.24, 2.45) is 0 Å². The van der Waals surface area contributed by atoms with E-state index in [0.717, 1.165) is 27.9 Å². The Hall–Kier alpha value is -3.40. The average Bonchev–Trinajstić information content (AvgIpc) is 2.78. The summed E-state index contributed by atoms with van der Waals surface area (Å²) in [5.41, 5.74) is 4.61. The lowest BCUT2D eigenvalue weighted by Crippen LogP contribution is -2.63. The predicted octanol–water partition coefficient (Wildman–Crippen LogP) is 5.40. The number of hydrogen-bond acceptors (Lipinski definition) is 2. The topological polar surface area (TPSA) is 49.4 Å². The van der Waals surface area contributed by atoms with Crippen LogP contribution in [-0.4, -0.2) is 17.4 Å². The number of anilines is 1. The molecule has 32 heavy (non-hydrogen) atoms. The van der Waals surface area contributed by atoms with Crippen LogP contribution in [0.4, 0.5) is 5.69 Å². The van der Waals surface area contributed by atoms with Gasteiger partial charge in [0.25, 0.3) is 5.91 Å². The van der Waals surface area contributed by atoms with E-state index in [2.05, 4.69) is 25.2 Å². The molecule has 0 spiro atoms. The highest BCUT2D eigenvalue weighted by molar-refractivity contribution is 6.14. The van der Waals surface area contributed by atoms with Crippen molar-refractivity contribution in [3.8, 4) is 0 Å². The minimum atomic E-state index is -1.04. The van der Waals surface area contributed by atoms with Gasteiger partial charge in [-0.2, -0.15) is 0 Å². The van der Waals surface area contributed by atoms with Crippen molar-refractivity contribution in [1.29, 1.82) is 0 Å². The van der Waals surface area contributed by atoms with Crippen LogP contribution in [0.25, 0.3) is 0 Å². The molecule has 1 aliphatic heterocycles. The second-order valence-corrected chi connectivity index (χ2v) is 9.11. The summed E-state index contributed by atoms with van der Waals surface area (Å²) in [6.45, 7) is 8.58. The van der Waals surface area contributed by atoms with Gasteiger partial charge in [0.15, 0.2) is 0 Å².